The second-order valence-electron chi connectivity index (χ2n) is 9.01. The third kappa shape index (κ3) is 4.33. The second kappa shape index (κ2) is 9.65. The lowest BCUT2D eigenvalue weighted by molar-refractivity contribution is -0.00512. The Balaban J connectivity index is 1.45. The number of aliphatic hydroxyl groups excluding tert-OH is 3. The largest absolute Gasteiger partial charge is 0.497 e. The van der Waals surface area contributed by atoms with Crippen LogP contribution in [-0.4, -0.2) is 78.0 Å². The number of aromatic nitrogens is 5. The minimum absolute atomic E-state index is 0.200. The van der Waals surface area contributed by atoms with Crippen LogP contribution in [0.4, 0.5) is 5.82 Å². The predicted molar refractivity (Wildman–Crippen MR) is 128 cm³/mol. The number of methoxy groups -OCH3 is 1. The highest BCUT2D eigenvalue weighted by Crippen LogP contribution is 2.44. The molecule has 0 bridgehead atoms. The maximum atomic E-state index is 10.6. The van der Waals surface area contributed by atoms with Gasteiger partial charge in [-0.3, -0.25) is 0 Å². The zero-order valence-corrected chi connectivity index (χ0v) is 20.0. The Hall–Kier alpha value is -2.47. The van der Waals surface area contributed by atoms with Crippen molar-refractivity contribution in [2.24, 2.45) is 5.92 Å². The van der Waals surface area contributed by atoms with Crippen LogP contribution in [0.1, 0.15) is 43.7 Å². The van der Waals surface area contributed by atoms with Gasteiger partial charge in [0.05, 0.1) is 19.3 Å². The highest BCUT2D eigenvalue weighted by Gasteiger charge is 2.44. The lowest BCUT2D eigenvalue weighted by atomic mass is 10.1. The van der Waals surface area contributed by atoms with Gasteiger partial charge in [0, 0.05) is 30.2 Å². The molecule has 10 nitrogen and oxygen atoms in total. The molecule has 3 aromatic rings. The maximum absolute atomic E-state index is 10.6. The maximum Gasteiger partial charge on any atom is 0.191 e. The van der Waals surface area contributed by atoms with Gasteiger partial charge in [0.2, 0.25) is 0 Å². The van der Waals surface area contributed by atoms with Gasteiger partial charge in [0.25, 0.3) is 0 Å². The molecule has 0 amide bonds. The number of hydrogen-bond donors (Lipinski definition) is 4. The minimum atomic E-state index is -1.05. The summed E-state index contributed by atoms with van der Waals surface area (Å²) in [5.41, 5.74) is 2.26. The molecule has 0 saturated heterocycles. The first-order valence-corrected chi connectivity index (χ1v) is 12.7. The molecular weight excluding hydrogens is 456 g/mol. The van der Waals surface area contributed by atoms with Gasteiger partial charge < -0.3 is 25.4 Å². The van der Waals surface area contributed by atoms with Crippen molar-refractivity contribution in [1.82, 2.24) is 25.0 Å². The summed E-state index contributed by atoms with van der Waals surface area (Å²) in [5.74, 6) is 2.27. The number of hydrogen-bond acceptors (Lipinski definition) is 10. The molecule has 4 N–H and O–H groups in total. The number of rotatable bonds is 9. The van der Waals surface area contributed by atoms with E-state index < -0.39 is 24.2 Å². The summed E-state index contributed by atoms with van der Waals surface area (Å²) in [6.45, 7) is 1.90. The van der Waals surface area contributed by atoms with Crippen LogP contribution in [0, 0.1) is 5.92 Å². The number of ether oxygens (including phenoxy) is 1. The van der Waals surface area contributed by atoms with Gasteiger partial charge in [-0.05, 0) is 37.0 Å². The fourth-order valence-electron chi connectivity index (χ4n) is 4.69. The van der Waals surface area contributed by atoms with Crippen molar-refractivity contribution in [3.63, 3.8) is 0 Å². The molecule has 0 aliphatic heterocycles. The molecule has 1 aromatic carbocycles. The predicted octanol–water partition coefficient (Wildman–Crippen LogP) is 1.98. The molecule has 2 aliphatic rings. The molecule has 6 atom stereocenters. The zero-order valence-electron chi connectivity index (χ0n) is 19.2. The van der Waals surface area contributed by atoms with Crippen LogP contribution >= 0.6 is 11.8 Å². The van der Waals surface area contributed by atoms with Crippen molar-refractivity contribution in [1.29, 1.82) is 0 Å². The van der Waals surface area contributed by atoms with Gasteiger partial charge in [-0.25, -0.2) is 14.6 Å². The van der Waals surface area contributed by atoms with E-state index >= 15 is 0 Å². The number of nitrogens with one attached hydrogen (secondary N) is 1. The van der Waals surface area contributed by atoms with Crippen LogP contribution in [0.2, 0.25) is 0 Å². The molecule has 5 rings (SSSR count). The van der Waals surface area contributed by atoms with Crippen molar-refractivity contribution in [2.75, 3.05) is 24.8 Å². The molecule has 2 fully saturated rings. The molecule has 2 aromatic heterocycles. The van der Waals surface area contributed by atoms with Crippen LogP contribution in [0.25, 0.3) is 11.2 Å². The minimum Gasteiger partial charge on any atom is -0.497 e. The van der Waals surface area contributed by atoms with Gasteiger partial charge in [0.1, 0.15) is 11.9 Å². The first-order valence-electron chi connectivity index (χ1n) is 11.7. The quantitative estimate of drug-likeness (QED) is 0.262. The summed E-state index contributed by atoms with van der Waals surface area (Å²) in [4.78, 5) is 9.43. The van der Waals surface area contributed by atoms with Crippen LogP contribution in [0.3, 0.4) is 0 Å². The molecule has 0 spiro atoms. The van der Waals surface area contributed by atoms with E-state index in [4.69, 9.17) is 14.7 Å². The fourth-order valence-corrected chi connectivity index (χ4v) is 5.38. The molecule has 182 valence electrons. The van der Waals surface area contributed by atoms with Gasteiger partial charge in [0.15, 0.2) is 22.1 Å². The third-order valence-electron chi connectivity index (χ3n) is 6.69. The van der Waals surface area contributed by atoms with E-state index in [1.165, 1.54) is 5.56 Å². The molecule has 2 unspecified atom stereocenters. The Bertz CT molecular complexity index is 1160. The number of nitrogens with zero attached hydrogens (tertiary/aromatic N) is 5. The molecule has 11 heteroatoms. The first kappa shape index (κ1) is 23.3. The monoisotopic (exact) mass is 486 g/mol. The van der Waals surface area contributed by atoms with E-state index in [0.29, 0.717) is 34.5 Å². The van der Waals surface area contributed by atoms with Crippen LogP contribution in [-0.2, 0) is 0 Å². The molecule has 2 aliphatic carbocycles. The normalized spacial score (nSPS) is 28.4. The topological polar surface area (TPSA) is 138 Å². The Morgan fingerprint density at radius 3 is 2.79 bits per heavy atom. The van der Waals surface area contributed by atoms with Crippen molar-refractivity contribution in [3.05, 3.63) is 29.8 Å². The molecule has 2 heterocycles. The first-order chi connectivity index (χ1) is 16.5. The fraction of sp³-hybridized carbons (Fsp3) is 0.565. The number of fused-ring (bicyclic) bond motifs is 1. The Morgan fingerprint density at radius 2 is 2.06 bits per heavy atom. The highest BCUT2D eigenvalue weighted by atomic mass is 32.2. The number of anilines is 1. The van der Waals surface area contributed by atoms with E-state index in [9.17, 15) is 15.3 Å². The molecular formula is C23H30N6O4S. The lowest BCUT2D eigenvalue weighted by Crippen LogP contribution is -2.30. The number of benzene rings is 1. The van der Waals surface area contributed by atoms with Gasteiger partial charge >= 0.3 is 0 Å². The van der Waals surface area contributed by atoms with E-state index in [0.717, 1.165) is 24.3 Å². The Kier molecular flexibility index (Phi) is 6.61. The SMILES string of the molecule is CCCSc1nc(NC2CC2c2cccc(OC)c2)c2nnn([C@@H]3C[C@H](CO)[C@@H](O)[C@H]3O)c2n1. The summed E-state index contributed by atoms with van der Waals surface area (Å²) < 4.78 is 6.94. The van der Waals surface area contributed by atoms with Crippen LogP contribution in [0.5, 0.6) is 5.75 Å². The Labute approximate surface area is 201 Å². The average molecular weight is 487 g/mol. The van der Waals surface area contributed by atoms with E-state index in [2.05, 4.69) is 34.7 Å². The summed E-state index contributed by atoms with van der Waals surface area (Å²) in [5, 5.41) is 43.2. The summed E-state index contributed by atoms with van der Waals surface area (Å²) in [7, 11) is 1.67. The Morgan fingerprint density at radius 1 is 1.21 bits per heavy atom. The third-order valence-corrected chi connectivity index (χ3v) is 7.75. The van der Waals surface area contributed by atoms with Crippen molar-refractivity contribution in [3.8, 4) is 5.75 Å². The zero-order chi connectivity index (χ0) is 23.8. The standard InChI is InChI=1S/C23H30N6O4S/c1-3-7-34-23-25-21(24-16-10-15(16)12-5-4-6-14(8-12)33-2)18-22(26-23)29(28-27-18)17-9-13(11-30)19(31)20(17)32/h4-6,8,13,15-17,19-20,30-32H,3,7,9-11H2,1-2H3,(H,24,25,26)/t13-,15?,16?,17-,19-,20+/m1/s1. The molecule has 34 heavy (non-hydrogen) atoms. The van der Waals surface area contributed by atoms with E-state index in [1.54, 1.807) is 23.6 Å². The van der Waals surface area contributed by atoms with Crippen LogP contribution in [0.15, 0.2) is 29.4 Å². The van der Waals surface area contributed by atoms with Gasteiger partial charge in [-0.1, -0.05) is 36.0 Å². The van der Waals surface area contributed by atoms with Crippen LogP contribution < -0.4 is 10.1 Å². The summed E-state index contributed by atoms with van der Waals surface area (Å²) >= 11 is 1.56. The molecule has 0 radical (unpaired) electrons. The van der Waals surface area contributed by atoms with Gasteiger partial charge in [-0.15, -0.1) is 5.10 Å². The van der Waals surface area contributed by atoms with E-state index in [1.807, 2.05) is 12.1 Å². The average Bonchev–Trinajstić information content (AvgIpc) is 3.41. The highest BCUT2D eigenvalue weighted by molar-refractivity contribution is 7.99. The smallest absolute Gasteiger partial charge is 0.191 e. The summed E-state index contributed by atoms with van der Waals surface area (Å²) in [6.07, 6.45) is 0.273. The van der Waals surface area contributed by atoms with Crippen molar-refractivity contribution >= 4 is 28.7 Å². The van der Waals surface area contributed by atoms with Gasteiger partial charge in [-0.2, -0.15) is 0 Å². The number of thioether (sulfide) groups is 1. The second-order valence-corrected chi connectivity index (χ2v) is 10.1. The van der Waals surface area contributed by atoms with Crippen molar-refractivity contribution in [2.45, 2.75) is 61.6 Å². The molecule has 2 saturated carbocycles. The van der Waals surface area contributed by atoms with Crippen molar-refractivity contribution < 1.29 is 20.1 Å². The van der Waals surface area contributed by atoms with E-state index in [-0.39, 0.29) is 12.6 Å². The lowest BCUT2D eigenvalue weighted by Gasteiger charge is -2.17. The number of aliphatic hydroxyl groups is 3. The summed E-state index contributed by atoms with van der Waals surface area (Å²) in [6, 6.07) is 7.79.